The van der Waals surface area contributed by atoms with E-state index in [1.54, 1.807) is 0 Å². The number of carbonyl (C=O) groups excluding carboxylic acids is 1. The smallest absolute Gasteiger partial charge is 0.258 e. The van der Waals surface area contributed by atoms with Crippen LogP contribution in [0.3, 0.4) is 0 Å². The predicted octanol–water partition coefficient (Wildman–Crippen LogP) is 2.17. The van der Waals surface area contributed by atoms with Crippen LogP contribution in [0.2, 0.25) is 0 Å². The number of hydrogen-bond acceptors (Lipinski definition) is 4. The van der Waals surface area contributed by atoms with E-state index in [4.69, 9.17) is 4.74 Å². The van der Waals surface area contributed by atoms with E-state index < -0.39 is 40.0 Å². The van der Waals surface area contributed by atoms with Crippen molar-refractivity contribution in [1.82, 2.24) is 5.32 Å². The summed E-state index contributed by atoms with van der Waals surface area (Å²) in [5.41, 5.74) is 0.167. The van der Waals surface area contributed by atoms with Gasteiger partial charge in [0, 0.05) is 12.6 Å². The van der Waals surface area contributed by atoms with Crippen molar-refractivity contribution in [3.05, 3.63) is 59.4 Å². The van der Waals surface area contributed by atoms with Crippen LogP contribution in [0.25, 0.3) is 0 Å². The first-order valence-corrected chi connectivity index (χ1v) is 9.14. The number of sulfonamides is 1. The first-order valence-electron chi connectivity index (χ1n) is 7.25. The molecule has 2 aromatic carbocycles. The Kier molecular flexibility index (Phi) is 6.09. The molecule has 6 nitrogen and oxygen atoms in total. The number of rotatable bonds is 7. The zero-order chi connectivity index (χ0) is 19.3. The summed E-state index contributed by atoms with van der Waals surface area (Å²) in [5, 5.41) is 2.43. The molecule has 0 heterocycles. The van der Waals surface area contributed by atoms with Crippen molar-refractivity contribution in [1.29, 1.82) is 0 Å². The van der Waals surface area contributed by atoms with Gasteiger partial charge in [0.2, 0.25) is 10.0 Å². The van der Waals surface area contributed by atoms with Crippen LogP contribution in [0.1, 0.15) is 5.56 Å². The van der Waals surface area contributed by atoms with Gasteiger partial charge in [-0.25, -0.2) is 21.6 Å². The quantitative estimate of drug-likeness (QED) is 0.762. The Morgan fingerprint density at radius 2 is 1.81 bits per heavy atom. The van der Waals surface area contributed by atoms with E-state index in [1.807, 2.05) is 4.72 Å². The van der Waals surface area contributed by atoms with Crippen LogP contribution in [-0.2, 0) is 21.4 Å². The summed E-state index contributed by atoms with van der Waals surface area (Å²) in [6.07, 6.45) is 0.893. The lowest BCUT2D eigenvalue weighted by Crippen LogP contribution is -2.28. The Bertz CT molecular complexity index is 920. The average Bonchev–Trinajstić information content (AvgIpc) is 2.53. The van der Waals surface area contributed by atoms with Gasteiger partial charge in [-0.15, -0.1) is 0 Å². The summed E-state index contributed by atoms with van der Waals surface area (Å²) < 4.78 is 69.1. The largest absolute Gasteiger partial charge is 0.481 e. The van der Waals surface area contributed by atoms with Crippen LogP contribution >= 0.6 is 0 Å². The van der Waals surface area contributed by atoms with Gasteiger partial charge in [0.05, 0.1) is 11.9 Å². The number of ether oxygens (including phenoxy) is 1. The number of halogens is 3. The summed E-state index contributed by atoms with van der Waals surface area (Å²) in [6, 6.07) is 6.39. The minimum absolute atomic E-state index is 0.0514. The molecule has 0 aliphatic heterocycles. The summed E-state index contributed by atoms with van der Waals surface area (Å²) in [5.74, 6) is -3.38. The molecule has 0 saturated carbocycles. The second kappa shape index (κ2) is 8.09. The van der Waals surface area contributed by atoms with Gasteiger partial charge in [0.25, 0.3) is 5.91 Å². The van der Waals surface area contributed by atoms with E-state index in [-0.39, 0.29) is 18.0 Å². The molecule has 0 unspecified atom stereocenters. The van der Waals surface area contributed by atoms with Crippen molar-refractivity contribution in [3.63, 3.8) is 0 Å². The average molecular weight is 388 g/mol. The van der Waals surface area contributed by atoms with E-state index in [9.17, 15) is 26.4 Å². The molecule has 0 saturated heterocycles. The molecule has 0 aliphatic rings. The Hall–Kier alpha value is -2.75. The monoisotopic (exact) mass is 388 g/mol. The molecular formula is C16H15F3N2O4S. The molecule has 0 fully saturated rings. The molecule has 2 aromatic rings. The molecule has 0 spiro atoms. The third-order valence-corrected chi connectivity index (χ3v) is 3.66. The van der Waals surface area contributed by atoms with Gasteiger partial charge in [0.15, 0.2) is 18.2 Å². The highest BCUT2D eigenvalue weighted by Gasteiger charge is 2.10. The van der Waals surface area contributed by atoms with Crippen molar-refractivity contribution < 1.29 is 31.1 Å². The maximum absolute atomic E-state index is 13.8. The molecule has 26 heavy (non-hydrogen) atoms. The normalized spacial score (nSPS) is 11.1. The van der Waals surface area contributed by atoms with Crippen LogP contribution in [0.5, 0.6) is 5.75 Å². The van der Waals surface area contributed by atoms with Crippen LogP contribution in [0, 0.1) is 17.5 Å². The number of anilines is 1. The van der Waals surface area contributed by atoms with Gasteiger partial charge in [-0.05, 0) is 29.8 Å². The van der Waals surface area contributed by atoms with Crippen LogP contribution < -0.4 is 14.8 Å². The number of benzene rings is 2. The van der Waals surface area contributed by atoms with E-state index >= 15 is 0 Å². The van der Waals surface area contributed by atoms with Crippen LogP contribution in [-0.4, -0.2) is 27.2 Å². The highest BCUT2D eigenvalue weighted by atomic mass is 32.2. The fourth-order valence-electron chi connectivity index (χ4n) is 1.94. The van der Waals surface area contributed by atoms with Crippen molar-refractivity contribution in [2.75, 3.05) is 17.6 Å². The molecule has 2 N–H and O–H groups in total. The minimum Gasteiger partial charge on any atom is -0.481 e. The van der Waals surface area contributed by atoms with Crippen LogP contribution in [0.15, 0.2) is 36.4 Å². The lowest BCUT2D eigenvalue weighted by Gasteiger charge is -2.10. The second-order valence-corrected chi connectivity index (χ2v) is 7.08. The Labute approximate surface area is 148 Å². The third-order valence-electron chi connectivity index (χ3n) is 3.07. The van der Waals surface area contributed by atoms with E-state index in [0.717, 1.165) is 24.5 Å². The predicted molar refractivity (Wildman–Crippen MR) is 88.6 cm³/mol. The lowest BCUT2D eigenvalue weighted by atomic mass is 10.2. The molecule has 0 aliphatic carbocycles. The summed E-state index contributed by atoms with van der Waals surface area (Å²) >= 11 is 0. The maximum Gasteiger partial charge on any atom is 0.258 e. The lowest BCUT2D eigenvalue weighted by molar-refractivity contribution is -0.123. The highest BCUT2D eigenvalue weighted by Crippen LogP contribution is 2.18. The first-order chi connectivity index (χ1) is 12.1. The molecule has 10 heteroatoms. The summed E-state index contributed by atoms with van der Waals surface area (Å²) in [7, 11) is -3.61. The van der Waals surface area contributed by atoms with Crippen LogP contribution in [0.4, 0.5) is 18.9 Å². The third kappa shape index (κ3) is 5.96. The van der Waals surface area contributed by atoms with Crippen molar-refractivity contribution in [2.45, 2.75) is 6.54 Å². The molecule has 0 aromatic heterocycles. The summed E-state index contributed by atoms with van der Waals surface area (Å²) in [4.78, 5) is 11.7. The standard InChI is InChI=1S/C16H15F3N2O4S/c1-26(23,24)21-14-4-2-10(6-12(14)18)8-20-16(22)9-25-15-5-3-11(17)7-13(15)19/h2-7,21H,8-9H2,1H3,(H,20,22). The minimum atomic E-state index is -3.61. The molecule has 0 radical (unpaired) electrons. The number of hydrogen-bond donors (Lipinski definition) is 2. The summed E-state index contributed by atoms with van der Waals surface area (Å²) in [6.45, 7) is -0.567. The fraction of sp³-hybridized carbons (Fsp3) is 0.188. The van der Waals surface area contributed by atoms with Crippen molar-refractivity contribution in [3.8, 4) is 5.75 Å². The van der Waals surface area contributed by atoms with Gasteiger partial charge in [-0.1, -0.05) is 6.07 Å². The second-order valence-electron chi connectivity index (χ2n) is 5.33. The molecule has 0 bridgehead atoms. The first kappa shape index (κ1) is 19.6. The van der Waals surface area contributed by atoms with Gasteiger partial charge in [0.1, 0.15) is 11.6 Å². The molecular weight excluding hydrogens is 373 g/mol. The zero-order valence-electron chi connectivity index (χ0n) is 13.6. The Balaban J connectivity index is 1.88. The zero-order valence-corrected chi connectivity index (χ0v) is 14.4. The molecule has 0 atom stereocenters. The molecule has 2 rings (SSSR count). The highest BCUT2D eigenvalue weighted by molar-refractivity contribution is 7.92. The number of carbonyl (C=O) groups is 1. The van der Waals surface area contributed by atoms with Gasteiger partial charge < -0.3 is 10.1 Å². The molecule has 140 valence electrons. The van der Waals surface area contributed by atoms with Crippen molar-refractivity contribution in [2.24, 2.45) is 0 Å². The van der Waals surface area contributed by atoms with Gasteiger partial charge in [-0.3, -0.25) is 9.52 Å². The number of amides is 1. The fourth-order valence-corrected chi connectivity index (χ4v) is 2.50. The van der Waals surface area contributed by atoms with Gasteiger partial charge >= 0.3 is 0 Å². The number of nitrogens with one attached hydrogen (secondary N) is 2. The topological polar surface area (TPSA) is 84.5 Å². The van der Waals surface area contributed by atoms with E-state index in [2.05, 4.69) is 5.32 Å². The Morgan fingerprint density at radius 1 is 1.08 bits per heavy atom. The van der Waals surface area contributed by atoms with E-state index in [0.29, 0.717) is 11.6 Å². The molecule has 1 amide bonds. The van der Waals surface area contributed by atoms with E-state index in [1.165, 1.54) is 12.1 Å². The maximum atomic E-state index is 13.8. The van der Waals surface area contributed by atoms with Crippen molar-refractivity contribution >= 4 is 21.6 Å². The SMILES string of the molecule is CS(=O)(=O)Nc1ccc(CNC(=O)COc2ccc(F)cc2F)cc1F. The Morgan fingerprint density at radius 3 is 2.42 bits per heavy atom. The van der Waals surface area contributed by atoms with Gasteiger partial charge in [-0.2, -0.15) is 0 Å².